The first-order chi connectivity index (χ1) is 13.8. The lowest BCUT2D eigenvalue weighted by Gasteiger charge is -2.39. The largest absolute Gasteiger partial charge is 0.325 e. The molecular weight excluding hydrogens is 362 g/mol. The van der Waals surface area contributed by atoms with Crippen molar-refractivity contribution in [2.75, 3.05) is 23.3 Å². The number of carbonyl (C=O) groups excluding carboxylic acids is 2. The molecular formula is C24H31N3O2. The number of hydrogen-bond donors (Lipinski definition) is 1. The lowest BCUT2D eigenvalue weighted by molar-refractivity contribution is -0.117. The minimum Gasteiger partial charge on any atom is -0.324 e. The van der Waals surface area contributed by atoms with Gasteiger partial charge in [0.2, 0.25) is 5.91 Å². The minimum absolute atomic E-state index is 0.00542. The first kappa shape index (κ1) is 20.9. The molecule has 0 bridgehead atoms. The summed E-state index contributed by atoms with van der Waals surface area (Å²) in [6.07, 6.45) is 1.31. The third-order valence-corrected chi connectivity index (χ3v) is 5.17. The lowest BCUT2D eigenvalue weighted by atomic mass is 9.92. The van der Waals surface area contributed by atoms with E-state index < -0.39 is 0 Å². The summed E-state index contributed by atoms with van der Waals surface area (Å²) >= 11 is 0. The van der Waals surface area contributed by atoms with Crippen LogP contribution in [0, 0.1) is 5.41 Å². The van der Waals surface area contributed by atoms with Gasteiger partial charge in [-0.25, -0.2) is 4.79 Å². The second-order valence-corrected chi connectivity index (χ2v) is 8.87. The molecule has 2 aromatic rings. The summed E-state index contributed by atoms with van der Waals surface area (Å²) in [4.78, 5) is 29.5. The van der Waals surface area contributed by atoms with Crippen LogP contribution in [0.5, 0.6) is 0 Å². The Kier molecular flexibility index (Phi) is 6.26. The van der Waals surface area contributed by atoms with E-state index in [2.05, 4.69) is 24.4 Å². The van der Waals surface area contributed by atoms with Crippen molar-refractivity contribution >= 4 is 23.3 Å². The molecule has 3 amide bonds. The van der Waals surface area contributed by atoms with Crippen LogP contribution in [0.15, 0.2) is 54.6 Å². The van der Waals surface area contributed by atoms with E-state index in [1.165, 1.54) is 0 Å². The van der Waals surface area contributed by atoms with Gasteiger partial charge in [0, 0.05) is 19.5 Å². The molecule has 3 rings (SSSR count). The molecule has 1 fully saturated rings. The maximum absolute atomic E-state index is 13.3. The molecule has 1 saturated heterocycles. The molecule has 1 aliphatic rings. The summed E-state index contributed by atoms with van der Waals surface area (Å²) in [5.74, 6) is -0.0380. The van der Waals surface area contributed by atoms with Gasteiger partial charge >= 0.3 is 6.03 Å². The van der Waals surface area contributed by atoms with Crippen LogP contribution in [0.1, 0.15) is 52.1 Å². The molecule has 154 valence electrons. The van der Waals surface area contributed by atoms with E-state index in [0.29, 0.717) is 18.7 Å². The van der Waals surface area contributed by atoms with Crippen LogP contribution in [0.2, 0.25) is 0 Å². The molecule has 0 aromatic heterocycles. The summed E-state index contributed by atoms with van der Waals surface area (Å²) in [5.41, 5.74) is 2.46. The van der Waals surface area contributed by atoms with Crippen LogP contribution < -0.4 is 10.2 Å². The SMILES string of the molecule is C[C@H](c1ccccc1)N1CCCN(c2ccccc2NC(=O)CC(C)(C)C)C1=O. The lowest BCUT2D eigenvalue weighted by Crippen LogP contribution is -2.50. The van der Waals surface area contributed by atoms with Crippen LogP contribution in [0.3, 0.4) is 0 Å². The van der Waals surface area contributed by atoms with Gasteiger partial charge in [-0.1, -0.05) is 63.2 Å². The number of benzene rings is 2. The summed E-state index contributed by atoms with van der Waals surface area (Å²) < 4.78 is 0. The van der Waals surface area contributed by atoms with E-state index in [4.69, 9.17) is 0 Å². The molecule has 0 saturated carbocycles. The molecule has 1 N–H and O–H groups in total. The third-order valence-electron chi connectivity index (χ3n) is 5.17. The summed E-state index contributed by atoms with van der Waals surface area (Å²) in [5, 5.41) is 3.01. The van der Waals surface area contributed by atoms with Crippen molar-refractivity contribution in [3.63, 3.8) is 0 Å². The molecule has 0 aliphatic carbocycles. The molecule has 5 nitrogen and oxygen atoms in total. The van der Waals surface area contributed by atoms with Gasteiger partial charge in [0.15, 0.2) is 0 Å². The zero-order valence-electron chi connectivity index (χ0n) is 17.8. The number of carbonyl (C=O) groups is 2. The Balaban J connectivity index is 1.81. The van der Waals surface area contributed by atoms with Gasteiger partial charge in [0.25, 0.3) is 0 Å². The van der Waals surface area contributed by atoms with Gasteiger partial charge in [-0.2, -0.15) is 0 Å². The number of nitrogens with zero attached hydrogens (tertiary/aromatic N) is 2. The number of para-hydroxylation sites is 2. The van der Waals surface area contributed by atoms with Gasteiger partial charge in [-0.15, -0.1) is 0 Å². The Bertz CT molecular complexity index is 858. The van der Waals surface area contributed by atoms with E-state index in [1.54, 1.807) is 4.90 Å². The van der Waals surface area contributed by atoms with Crippen LogP contribution >= 0.6 is 0 Å². The van der Waals surface area contributed by atoms with Gasteiger partial charge in [-0.3, -0.25) is 9.69 Å². The highest BCUT2D eigenvalue weighted by Gasteiger charge is 2.32. The highest BCUT2D eigenvalue weighted by Crippen LogP contribution is 2.32. The average molecular weight is 394 g/mol. The number of rotatable bonds is 5. The predicted molar refractivity (Wildman–Crippen MR) is 118 cm³/mol. The molecule has 1 aliphatic heterocycles. The van der Waals surface area contributed by atoms with Crippen molar-refractivity contribution in [1.29, 1.82) is 0 Å². The minimum atomic E-state index is -0.0954. The Labute approximate surface area is 173 Å². The average Bonchev–Trinajstić information content (AvgIpc) is 2.67. The molecule has 0 spiro atoms. The third kappa shape index (κ3) is 5.17. The Morgan fingerprint density at radius 1 is 1.03 bits per heavy atom. The van der Waals surface area contributed by atoms with E-state index in [0.717, 1.165) is 24.2 Å². The van der Waals surface area contributed by atoms with Crippen molar-refractivity contribution in [3.05, 3.63) is 60.2 Å². The monoisotopic (exact) mass is 393 g/mol. The first-order valence-corrected chi connectivity index (χ1v) is 10.3. The second kappa shape index (κ2) is 8.68. The highest BCUT2D eigenvalue weighted by molar-refractivity contribution is 6.01. The molecule has 2 aromatic carbocycles. The number of nitrogens with one attached hydrogen (secondary N) is 1. The van der Waals surface area contributed by atoms with Crippen LogP contribution in [-0.2, 0) is 4.79 Å². The Morgan fingerprint density at radius 3 is 2.38 bits per heavy atom. The highest BCUT2D eigenvalue weighted by atomic mass is 16.2. The van der Waals surface area contributed by atoms with Crippen molar-refractivity contribution in [2.24, 2.45) is 5.41 Å². The smallest absolute Gasteiger partial charge is 0.324 e. The maximum Gasteiger partial charge on any atom is 0.325 e. The number of urea groups is 1. The van der Waals surface area contributed by atoms with Crippen molar-refractivity contribution in [2.45, 2.75) is 46.6 Å². The standard InChI is InChI=1S/C24H31N3O2/c1-18(19-11-6-5-7-12-19)26-15-10-16-27(23(26)29)21-14-9-8-13-20(21)25-22(28)17-24(2,3)4/h5-9,11-14,18H,10,15-17H2,1-4H3,(H,25,28)/t18-/m1/s1. The van der Waals surface area contributed by atoms with E-state index >= 15 is 0 Å². The van der Waals surface area contributed by atoms with Crippen LogP contribution in [0.25, 0.3) is 0 Å². The zero-order valence-corrected chi connectivity index (χ0v) is 17.8. The zero-order chi connectivity index (χ0) is 21.0. The number of amides is 3. The molecule has 29 heavy (non-hydrogen) atoms. The van der Waals surface area contributed by atoms with E-state index in [-0.39, 0.29) is 23.4 Å². The molecule has 0 radical (unpaired) electrons. The maximum atomic E-state index is 13.3. The Morgan fingerprint density at radius 2 is 1.69 bits per heavy atom. The van der Waals surface area contributed by atoms with Gasteiger partial charge in [0.05, 0.1) is 17.4 Å². The summed E-state index contributed by atoms with van der Waals surface area (Å²) in [6, 6.07) is 17.6. The Hall–Kier alpha value is -2.82. The fraction of sp³-hybridized carbons (Fsp3) is 0.417. The van der Waals surface area contributed by atoms with Gasteiger partial charge in [-0.05, 0) is 36.5 Å². The fourth-order valence-corrected chi connectivity index (χ4v) is 3.73. The van der Waals surface area contributed by atoms with E-state index in [1.807, 2.05) is 68.1 Å². The number of anilines is 2. The fourth-order valence-electron chi connectivity index (χ4n) is 3.73. The number of hydrogen-bond acceptors (Lipinski definition) is 2. The first-order valence-electron chi connectivity index (χ1n) is 10.3. The van der Waals surface area contributed by atoms with Gasteiger partial charge < -0.3 is 10.2 Å². The second-order valence-electron chi connectivity index (χ2n) is 8.87. The van der Waals surface area contributed by atoms with Crippen LogP contribution in [0.4, 0.5) is 16.2 Å². The predicted octanol–water partition coefficient (Wildman–Crippen LogP) is 5.45. The summed E-state index contributed by atoms with van der Waals surface area (Å²) in [6.45, 7) is 9.54. The van der Waals surface area contributed by atoms with Crippen molar-refractivity contribution < 1.29 is 9.59 Å². The van der Waals surface area contributed by atoms with Crippen molar-refractivity contribution in [3.8, 4) is 0 Å². The normalized spacial score (nSPS) is 15.9. The summed E-state index contributed by atoms with van der Waals surface area (Å²) in [7, 11) is 0. The molecule has 5 heteroatoms. The molecule has 1 heterocycles. The van der Waals surface area contributed by atoms with Crippen molar-refractivity contribution in [1.82, 2.24) is 4.90 Å². The quantitative estimate of drug-likeness (QED) is 0.734. The molecule has 0 unspecified atom stereocenters. The van der Waals surface area contributed by atoms with Crippen LogP contribution in [-0.4, -0.2) is 29.9 Å². The van der Waals surface area contributed by atoms with E-state index in [9.17, 15) is 9.59 Å². The van der Waals surface area contributed by atoms with Gasteiger partial charge in [0.1, 0.15) is 0 Å². The molecule has 1 atom stereocenters. The topological polar surface area (TPSA) is 52.6 Å².